The van der Waals surface area contributed by atoms with Crippen LogP contribution in [0.15, 0.2) is 12.5 Å². The summed E-state index contributed by atoms with van der Waals surface area (Å²) < 4.78 is 32.0. The van der Waals surface area contributed by atoms with Crippen LogP contribution in [0, 0.1) is 0 Å². The van der Waals surface area contributed by atoms with Crippen molar-refractivity contribution in [1.82, 2.24) is 19.9 Å². The van der Waals surface area contributed by atoms with Crippen LogP contribution in [-0.2, 0) is 0 Å². The first-order valence-electron chi connectivity index (χ1n) is 10.7. The fourth-order valence-corrected chi connectivity index (χ4v) is 3.54. The number of hydrogen-bond acceptors (Lipinski definition) is 7. The van der Waals surface area contributed by atoms with Gasteiger partial charge in [-0.25, -0.2) is 19.3 Å². The van der Waals surface area contributed by atoms with Gasteiger partial charge < -0.3 is 14.2 Å². The van der Waals surface area contributed by atoms with E-state index < -0.39 is 5.67 Å². The first-order chi connectivity index (χ1) is 14.5. The van der Waals surface area contributed by atoms with E-state index in [-0.39, 0.29) is 12.5 Å². The number of halogens is 1. The first-order valence-corrected chi connectivity index (χ1v) is 10.7. The Hall–Kier alpha value is -2.51. The van der Waals surface area contributed by atoms with Crippen molar-refractivity contribution >= 4 is 0 Å². The molecule has 0 amide bonds. The highest BCUT2D eigenvalue weighted by Gasteiger charge is 2.33. The lowest BCUT2D eigenvalue weighted by atomic mass is 9.94. The minimum atomic E-state index is -1.40. The molecular formula is C22H31FN4O3. The van der Waals surface area contributed by atoms with Crippen molar-refractivity contribution in [2.24, 2.45) is 0 Å². The van der Waals surface area contributed by atoms with Crippen LogP contribution in [0.5, 0.6) is 17.5 Å². The standard InChI is InChI=1S/C22H31FN4O3/c1-5-7-11-22(23,10-6-2)13-30-20-16(28-3)12-24-19(27-20)17-18(15-8-9-15)25-14-26-21(17)29-4/h12,14-15H,5-11,13H2,1-4H3. The van der Waals surface area contributed by atoms with E-state index in [1.807, 2.05) is 6.92 Å². The van der Waals surface area contributed by atoms with Crippen molar-refractivity contribution in [3.8, 4) is 28.9 Å². The summed E-state index contributed by atoms with van der Waals surface area (Å²) in [5.74, 6) is 1.72. The first kappa shape index (κ1) is 22.2. The fraction of sp³-hybridized carbons (Fsp3) is 0.636. The summed E-state index contributed by atoms with van der Waals surface area (Å²) in [7, 11) is 3.07. The molecule has 0 spiro atoms. The zero-order valence-electron chi connectivity index (χ0n) is 18.3. The van der Waals surface area contributed by atoms with Crippen LogP contribution in [0.25, 0.3) is 11.4 Å². The van der Waals surface area contributed by atoms with Gasteiger partial charge >= 0.3 is 0 Å². The molecular weight excluding hydrogens is 387 g/mol. The molecule has 2 aromatic heterocycles. The maximum Gasteiger partial charge on any atom is 0.260 e. The highest BCUT2D eigenvalue weighted by Crippen LogP contribution is 2.45. The van der Waals surface area contributed by atoms with Gasteiger partial charge in [0, 0.05) is 5.92 Å². The monoisotopic (exact) mass is 418 g/mol. The second kappa shape index (κ2) is 10.00. The Balaban J connectivity index is 1.91. The van der Waals surface area contributed by atoms with Crippen LogP contribution in [0.2, 0.25) is 0 Å². The summed E-state index contributed by atoms with van der Waals surface area (Å²) >= 11 is 0. The van der Waals surface area contributed by atoms with Crippen LogP contribution < -0.4 is 14.2 Å². The highest BCUT2D eigenvalue weighted by atomic mass is 19.1. The summed E-state index contributed by atoms with van der Waals surface area (Å²) in [6, 6.07) is 0. The lowest BCUT2D eigenvalue weighted by Crippen LogP contribution is -2.31. The van der Waals surface area contributed by atoms with Crippen molar-refractivity contribution in [2.75, 3.05) is 20.8 Å². The smallest absolute Gasteiger partial charge is 0.260 e. The minimum Gasteiger partial charge on any atom is -0.490 e. The van der Waals surface area contributed by atoms with Gasteiger partial charge in [-0.3, -0.25) is 0 Å². The van der Waals surface area contributed by atoms with Crippen molar-refractivity contribution < 1.29 is 18.6 Å². The van der Waals surface area contributed by atoms with Crippen LogP contribution in [0.1, 0.15) is 70.4 Å². The molecule has 164 valence electrons. The average molecular weight is 419 g/mol. The van der Waals surface area contributed by atoms with Crippen molar-refractivity contribution in [2.45, 2.75) is 70.4 Å². The second-order valence-corrected chi connectivity index (χ2v) is 7.78. The van der Waals surface area contributed by atoms with Crippen molar-refractivity contribution in [3.05, 3.63) is 18.2 Å². The number of ether oxygens (including phenoxy) is 3. The van der Waals surface area contributed by atoms with Gasteiger partial charge in [0.05, 0.1) is 26.1 Å². The predicted octanol–water partition coefficient (Wildman–Crippen LogP) is 4.91. The summed E-state index contributed by atoms with van der Waals surface area (Å²) in [6.45, 7) is 3.95. The van der Waals surface area contributed by atoms with Gasteiger partial charge in [-0.2, -0.15) is 4.98 Å². The van der Waals surface area contributed by atoms with Gasteiger partial charge in [0.2, 0.25) is 5.88 Å². The topological polar surface area (TPSA) is 79.3 Å². The molecule has 0 N–H and O–H groups in total. The highest BCUT2D eigenvalue weighted by molar-refractivity contribution is 5.66. The Bertz CT molecular complexity index is 847. The van der Waals surface area contributed by atoms with Gasteiger partial charge in [0.15, 0.2) is 11.6 Å². The number of rotatable bonds is 12. The number of nitrogens with zero attached hydrogens (tertiary/aromatic N) is 4. The van der Waals surface area contributed by atoms with E-state index in [9.17, 15) is 0 Å². The van der Waals surface area contributed by atoms with Crippen molar-refractivity contribution in [1.29, 1.82) is 0 Å². The molecule has 1 saturated carbocycles. The van der Waals surface area contributed by atoms with E-state index in [0.717, 1.165) is 37.8 Å². The lowest BCUT2D eigenvalue weighted by molar-refractivity contribution is 0.0601. The zero-order valence-corrected chi connectivity index (χ0v) is 18.3. The molecule has 1 aliphatic carbocycles. The summed E-state index contributed by atoms with van der Waals surface area (Å²) in [6.07, 6.45) is 8.56. The molecule has 1 unspecified atom stereocenters. The van der Waals surface area contributed by atoms with Crippen LogP contribution in [-0.4, -0.2) is 46.4 Å². The maximum absolute atomic E-state index is 15.4. The summed E-state index contributed by atoms with van der Waals surface area (Å²) in [5, 5.41) is 0. The Morgan fingerprint density at radius 1 is 1.03 bits per heavy atom. The van der Waals surface area contributed by atoms with E-state index in [1.54, 1.807) is 7.11 Å². The number of methoxy groups -OCH3 is 2. The fourth-order valence-electron chi connectivity index (χ4n) is 3.54. The Labute approximate surface area is 177 Å². The molecule has 0 bridgehead atoms. The SMILES string of the molecule is CCCCC(F)(CCC)COc1nc(-c2c(OC)ncnc2C2CC2)ncc1OC. The number of hydrogen-bond donors (Lipinski definition) is 0. The third kappa shape index (κ3) is 5.15. The predicted molar refractivity (Wildman–Crippen MR) is 112 cm³/mol. The Morgan fingerprint density at radius 2 is 1.83 bits per heavy atom. The van der Waals surface area contributed by atoms with Crippen LogP contribution >= 0.6 is 0 Å². The molecule has 7 nitrogen and oxygen atoms in total. The molecule has 2 heterocycles. The Kier molecular flexibility index (Phi) is 7.39. The Morgan fingerprint density at radius 3 is 2.47 bits per heavy atom. The molecule has 1 fully saturated rings. The summed E-state index contributed by atoms with van der Waals surface area (Å²) in [4.78, 5) is 17.6. The number of alkyl halides is 1. The van der Waals surface area contributed by atoms with Crippen molar-refractivity contribution in [3.63, 3.8) is 0 Å². The molecule has 0 aliphatic heterocycles. The molecule has 8 heteroatoms. The van der Waals surface area contributed by atoms with Gasteiger partial charge in [-0.1, -0.05) is 33.1 Å². The zero-order chi connectivity index (χ0) is 21.6. The second-order valence-electron chi connectivity index (χ2n) is 7.78. The quantitative estimate of drug-likeness (QED) is 0.485. The van der Waals surface area contributed by atoms with Crippen LogP contribution in [0.4, 0.5) is 4.39 Å². The maximum atomic E-state index is 15.4. The molecule has 0 aromatic carbocycles. The number of unbranched alkanes of at least 4 members (excludes halogenated alkanes) is 1. The van der Waals surface area contributed by atoms with E-state index in [4.69, 9.17) is 14.2 Å². The summed E-state index contributed by atoms with van der Waals surface area (Å²) in [5.41, 5.74) is 0.126. The van der Waals surface area contributed by atoms with E-state index >= 15 is 4.39 Å². The molecule has 1 atom stereocenters. The molecule has 1 aliphatic rings. The number of aromatic nitrogens is 4. The third-order valence-corrected chi connectivity index (χ3v) is 5.31. The molecule has 3 rings (SSSR count). The van der Waals surface area contributed by atoms with Gasteiger partial charge in [0.1, 0.15) is 24.2 Å². The molecule has 30 heavy (non-hydrogen) atoms. The molecule has 2 aromatic rings. The van der Waals surface area contributed by atoms with E-state index in [2.05, 4.69) is 26.9 Å². The molecule has 0 saturated heterocycles. The van der Waals surface area contributed by atoms with Gasteiger partial charge in [-0.15, -0.1) is 0 Å². The minimum absolute atomic E-state index is 0.0778. The van der Waals surface area contributed by atoms with Crippen LogP contribution in [0.3, 0.4) is 0 Å². The molecule has 0 radical (unpaired) electrons. The normalized spacial score (nSPS) is 15.5. The largest absolute Gasteiger partial charge is 0.490 e. The van der Waals surface area contributed by atoms with E-state index in [1.165, 1.54) is 19.6 Å². The lowest BCUT2D eigenvalue weighted by Gasteiger charge is -2.25. The van der Waals surface area contributed by atoms with Gasteiger partial charge in [0.25, 0.3) is 5.88 Å². The third-order valence-electron chi connectivity index (χ3n) is 5.31. The average Bonchev–Trinajstić information content (AvgIpc) is 3.61. The van der Waals surface area contributed by atoms with E-state index in [0.29, 0.717) is 41.8 Å². The van der Waals surface area contributed by atoms with Gasteiger partial charge in [-0.05, 0) is 25.7 Å².